The molecule has 1 rings (SSSR count). The third kappa shape index (κ3) is 2.10. The Morgan fingerprint density at radius 2 is 2.00 bits per heavy atom. The second-order valence-electron chi connectivity index (χ2n) is 3.80. The fourth-order valence-corrected chi connectivity index (χ4v) is 1.12. The highest BCUT2D eigenvalue weighted by molar-refractivity contribution is 5.09. The molecule has 0 aliphatic carbocycles. The summed E-state index contributed by atoms with van der Waals surface area (Å²) in [4.78, 5) is 4.36. The number of hydrogen-bond acceptors (Lipinski definition) is 3. The van der Waals surface area contributed by atoms with Gasteiger partial charge in [0.05, 0.1) is 12.2 Å². The standard InChI is InChI=1S/C10H18N2O/c1-6(2)7(3)10-12-8(4)9(5-11)13-10/h6-7H,5,11H2,1-4H3. The monoisotopic (exact) mass is 182 g/mol. The van der Waals surface area contributed by atoms with Gasteiger partial charge < -0.3 is 10.2 Å². The minimum Gasteiger partial charge on any atom is -0.444 e. The number of rotatable bonds is 3. The van der Waals surface area contributed by atoms with Gasteiger partial charge in [-0.15, -0.1) is 0 Å². The van der Waals surface area contributed by atoms with Crippen LogP contribution in [0.3, 0.4) is 0 Å². The van der Waals surface area contributed by atoms with Gasteiger partial charge in [-0.2, -0.15) is 0 Å². The summed E-state index contributed by atoms with van der Waals surface area (Å²) < 4.78 is 5.55. The van der Waals surface area contributed by atoms with Crippen LogP contribution in [0.4, 0.5) is 0 Å². The number of aromatic nitrogens is 1. The van der Waals surface area contributed by atoms with Gasteiger partial charge >= 0.3 is 0 Å². The van der Waals surface area contributed by atoms with Gasteiger partial charge in [0.1, 0.15) is 5.76 Å². The molecule has 0 saturated carbocycles. The van der Waals surface area contributed by atoms with Crippen molar-refractivity contribution >= 4 is 0 Å². The molecule has 3 heteroatoms. The van der Waals surface area contributed by atoms with E-state index in [1.165, 1.54) is 0 Å². The maximum absolute atomic E-state index is 5.55. The first-order valence-corrected chi connectivity index (χ1v) is 4.72. The quantitative estimate of drug-likeness (QED) is 0.779. The number of aryl methyl sites for hydroxylation is 1. The highest BCUT2D eigenvalue weighted by atomic mass is 16.4. The van der Waals surface area contributed by atoms with Crippen molar-refractivity contribution in [2.45, 2.75) is 40.2 Å². The van der Waals surface area contributed by atoms with Gasteiger partial charge in [0.2, 0.25) is 0 Å². The van der Waals surface area contributed by atoms with Crippen molar-refractivity contribution in [2.75, 3.05) is 0 Å². The van der Waals surface area contributed by atoms with Crippen molar-refractivity contribution in [3.8, 4) is 0 Å². The Hall–Kier alpha value is -0.830. The highest BCUT2D eigenvalue weighted by Gasteiger charge is 2.17. The lowest BCUT2D eigenvalue weighted by molar-refractivity contribution is 0.382. The molecular formula is C10H18N2O. The Bertz CT molecular complexity index is 278. The summed E-state index contributed by atoms with van der Waals surface area (Å²) in [7, 11) is 0. The van der Waals surface area contributed by atoms with Crippen LogP contribution >= 0.6 is 0 Å². The van der Waals surface area contributed by atoms with Crippen molar-refractivity contribution in [3.63, 3.8) is 0 Å². The largest absolute Gasteiger partial charge is 0.444 e. The normalized spacial score (nSPS) is 13.7. The van der Waals surface area contributed by atoms with Crippen LogP contribution in [0.25, 0.3) is 0 Å². The number of nitrogens with two attached hydrogens (primary N) is 1. The van der Waals surface area contributed by atoms with Crippen LogP contribution in [0.1, 0.15) is 44.0 Å². The average molecular weight is 182 g/mol. The number of nitrogens with zero attached hydrogens (tertiary/aromatic N) is 1. The minimum atomic E-state index is 0.360. The van der Waals surface area contributed by atoms with Gasteiger partial charge in [-0.1, -0.05) is 20.8 Å². The molecule has 0 saturated heterocycles. The Morgan fingerprint density at radius 1 is 1.38 bits per heavy atom. The van der Waals surface area contributed by atoms with Gasteiger partial charge in [0.15, 0.2) is 5.89 Å². The lowest BCUT2D eigenvalue weighted by atomic mass is 9.98. The molecule has 1 unspecified atom stereocenters. The van der Waals surface area contributed by atoms with Gasteiger partial charge in [0.25, 0.3) is 0 Å². The lowest BCUT2D eigenvalue weighted by Gasteiger charge is -2.10. The molecule has 13 heavy (non-hydrogen) atoms. The SMILES string of the molecule is Cc1nc(C(C)C(C)C)oc1CN. The van der Waals surface area contributed by atoms with Crippen molar-refractivity contribution in [3.05, 3.63) is 17.3 Å². The molecule has 0 aromatic carbocycles. The molecule has 0 radical (unpaired) electrons. The minimum absolute atomic E-state index is 0.360. The van der Waals surface area contributed by atoms with Crippen LogP contribution in [0.5, 0.6) is 0 Å². The fourth-order valence-electron chi connectivity index (χ4n) is 1.12. The van der Waals surface area contributed by atoms with E-state index in [9.17, 15) is 0 Å². The van der Waals surface area contributed by atoms with E-state index in [0.29, 0.717) is 18.4 Å². The third-order valence-corrected chi connectivity index (χ3v) is 2.48. The van der Waals surface area contributed by atoms with Crippen molar-refractivity contribution < 1.29 is 4.42 Å². The predicted molar refractivity (Wildman–Crippen MR) is 52.4 cm³/mol. The Kier molecular flexibility index (Phi) is 3.09. The summed E-state index contributed by atoms with van der Waals surface area (Å²) in [6.07, 6.45) is 0. The zero-order valence-electron chi connectivity index (χ0n) is 8.79. The first-order chi connectivity index (χ1) is 6.06. The Balaban J connectivity index is 2.90. The molecule has 0 aliphatic heterocycles. The van der Waals surface area contributed by atoms with Crippen LogP contribution < -0.4 is 5.73 Å². The van der Waals surface area contributed by atoms with E-state index >= 15 is 0 Å². The van der Waals surface area contributed by atoms with Crippen molar-refractivity contribution in [2.24, 2.45) is 11.7 Å². The maximum Gasteiger partial charge on any atom is 0.197 e. The zero-order chi connectivity index (χ0) is 10.0. The van der Waals surface area contributed by atoms with Gasteiger partial charge in [-0.25, -0.2) is 4.98 Å². The Labute approximate surface area is 79.3 Å². The van der Waals surface area contributed by atoms with Gasteiger partial charge in [0, 0.05) is 5.92 Å². The summed E-state index contributed by atoms with van der Waals surface area (Å²) in [6, 6.07) is 0. The van der Waals surface area contributed by atoms with Gasteiger partial charge in [-0.05, 0) is 12.8 Å². The molecule has 0 aliphatic rings. The second kappa shape index (κ2) is 3.92. The molecule has 0 spiro atoms. The molecular weight excluding hydrogens is 164 g/mol. The highest BCUT2D eigenvalue weighted by Crippen LogP contribution is 2.24. The number of oxazole rings is 1. The third-order valence-electron chi connectivity index (χ3n) is 2.48. The molecule has 0 fully saturated rings. The molecule has 1 atom stereocenters. The molecule has 74 valence electrons. The molecule has 1 aromatic rings. The van der Waals surface area contributed by atoms with Crippen LogP contribution in [-0.4, -0.2) is 4.98 Å². The summed E-state index contributed by atoms with van der Waals surface area (Å²) in [5.74, 6) is 2.53. The van der Waals surface area contributed by atoms with E-state index in [4.69, 9.17) is 10.2 Å². The lowest BCUT2D eigenvalue weighted by Crippen LogP contribution is -2.02. The molecule has 1 heterocycles. The topological polar surface area (TPSA) is 52.0 Å². The fraction of sp³-hybridized carbons (Fsp3) is 0.700. The van der Waals surface area contributed by atoms with E-state index in [2.05, 4.69) is 25.8 Å². The molecule has 3 nitrogen and oxygen atoms in total. The summed E-state index contributed by atoms with van der Waals surface area (Å²) in [6.45, 7) is 8.81. The predicted octanol–water partition coefficient (Wildman–Crippen LogP) is 2.20. The molecule has 0 amide bonds. The van der Waals surface area contributed by atoms with E-state index in [1.807, 2.05) is 6.92 Å². The van der Waals surface area contributed by atoms with Crippen LogP contribution in [0.15, 0.2) is 4.42 Å². The van der Waals surface area contributed by atoms with Crippen molar-refractivity contribution in [1.82, 2.24) is 4.98 Å². The first kappa shape index (κ1) is 10.3. The first-order valence-electron chi connectivity index (χ1n) is 4.72. The molecule has 0 bridgehead atoms. The molecule has 1 aromatic heterocycles. The second-order valence-corrected chi connectivity index (χ2v) is 3.80. The van der Waals surface area contributed by atoms with Gasteiger partial charge in [-0.3, -0.25) is 0 Å². The van der Waals surface area contributed by atoms with E-state index < -0.39 is 0 Å². The Morgan fingerprint density at radius 3 is 2.38 bits per heavy atom. The van der Waals surface area contributed by atoms with E-state index in [1.54, 1.807) is 0 Å². The van der Waals surface area contributed by atoms with E-state index in [-0.39, 0.29) is 0 Å². The van der Waals surface area contributed by atoms with Crippen LogP contribution in [-0.2, 0) is 6.54 Å². The van der Waals surface area contributed by atoms with Crippen LogP contribution in [0.2, 0.25) is 0 Å². The number of hydrogen-bond donors (Lipinski definition) is 1. The van der Waals surface area contributed by atoms with Crippen LogP contribution in [0, 0.1) is 12.8 Å². The molecule has 2 N–H and O–H groups in total. The summed E-state index contributed by atoms with van der Waals surface area (Å²) in [5, 5.41) is 0. The average Bonchev–Trinajstić information content (AvgIpc) is 2.45. The maximum atomic E-state index is 5.55. The smallest absolute Gasteiger partial charge is 0.197 e. The summed E-state index contributed by atoms with van der Waals surface area (Å²) in [5.41, 5.74) is 6.43. The van der Waals surface area contributed by atoms with Crippen molar-refractivity contribution in [1.29, 1.82) is 0 Å². The zero-order valence-corrected chi connectivity index (χ0v) is 8.79. The van der Waals surface area contributed by atoms with E-state index in [0.717, 1.165) is 17.3 Å². The summed E-state index contributed by atoms with van der Waals surface area (Å²) >= 11 is 0.